The SMILES string of the molecule is CC(C)(C)OC(=O)NCCCCc1ccc(CCC#N)cc1. The van der Waals surface area contributed by atoms with Crippen molar-refractivity contribution < 1.29 is 9.53 Å². The highest BCUT2D eigenvalue weighted by molar-refractivity contribution is 5.67. The maximum Gasteiger partial charge on any atom is 0.407 e. The van der Waals surface area contributed by atoms with Crippen molar-refractivity contribution in [3.05, 3.63) is 35.4 Å². The number of unbranched alkanes of at least 4 members (excludes halogenated alkanes) is 1. The zero-order valence-electron chi connectivity index (χ0n) is 13.8. The van der Waals surface area contributed by atoms with Gasteiger partial charge in [0, 0.05) is 13.0 Å². The highest BCUT2D eigenvalue weighted by atomic mass is 16.6. The van der Waals surface area contributed by atoms with Gasteiger partial charge in [-0.05, 0) is 57.6 Å². The Morgan fingerprint density at radius 3 is 2.27 bits per heavy atom. The Hall–Kier alpha value is -2.02. The highest BCUT2D eigenvalue weighted by Gasteiger charge is 2.15. The summed E-state index contributed by atoms with van der Waals surface area (Å²) in [5, 5.41) is 11.3. The second-order valence-corrected chi connectivity index (χ2v) is 6.36. The summed E-state index contributed by atoms with van der Waals surface area (Å²) >= 11 is 0. The smallest absolute Gasteiger partial charge is 0.407 e. The molecule has 120 valence electrons. The molecular formula is C18H26N2O2. The molecule has 0 radical (unpaired) electrons. The molecule has 0 bridgehead atoms. The standard InChI is InChI=1S/C18H26N2O2/c1-18(2,3)22-17(21)20-14-5-4-7-15-9-11-16(12-10-15)8-6-13-19/h9-12H,4-8,14H2,1-3H3,(H,20,21). The molecule has 1 aromatic rings. The molecule has 1 amide bonds. The number of ether oxygens (including phenoxy) is 1. The topological polar surface area (TPSA) is 62.1 Å². The van der Waals surface area contributed by atoms with Crippen LogP contribution in [0.2, 0.25) is 0 Å². The fourth-order valence-corrected chi connectivity index (χ4v) is 2.03. The number of hydrogen-bond donors (Lipinski definition) is 1. The van der Waals surface area contributed by atoms with Crippen LogP contribution in [-0.2, 0) is 17.6 Å². The molecule has 1 rings (SSSR count). The Balaban J connectivity index is 2.17. The van der Waals surface area contributed by atoms with Crippen molar-refractivity contribution in [2.75, 3.05) is 6.54 Å². The number of hydrogen-bond acceptors (Lipinski definition) is 3. The first kappa shape index (κ1) is 18.0. The molecule has 4 heteroatoms. The molecule has 1 N–H and O–H groups in total. The van der Waals surface area contributed by atoms with Crippen molar-refractivity contribution in [3.63, 3.8) is 0 Å². The van der Waals surface area contributed by atoms with Crippen molar-refractivity contribution in [1.82, 2.24) is 5.32 Å². The monoisotopic (exact) mass is 302 g/mol. The number of carbonyl (C=O) groups excluding carboxylic acids is 1. The summed E-state index contributed by atoms with van der Waals surface area (Å²) < 4.78 is 5.17. The van der Waals surface area contributed by atoms with E-state index in [0.717, 1.165) is 25.7 Å². The first-order valence-corrected chi connectivity index (χ1v) is 7.82. The van der Waals surface area contributed by atoms with Crippen LogP contribution in [0.4, 0.5) is 4.79 Å². The first-order valence-electron chi connectivity index (χ1n) is 7.82. The van der Waals surface area contributed by atoms with Crippen molar-refractivity contribution in [3.8, 4) is 6.07 Å². The van der Waals surface area contributed by atoms with Crippen LogP contribution in [0.25, 0.3) is 0 Å². The molecule has 0 aromatic heterocycles. The molecule has 0 spiro atoms. The van der Waals surface area contributed by atoms with Crippen LogP contribution in [0.1, 0.15) is 51.2 Å². The van der Waals surface area contributed by atoms with E-state index in [-0.39, 0.29) is 6.09 Å². The number of aryl methyl sites for hydroxylation is 2. The molecular weight excluding hydrogens is 276 g/mol. The quantitative estimate of drug-likeness (QED) is 0.775. The van der Waals surface area contributed by atoms with Gasteiger partial charge in [0.25, 0.3) is 0 Å². The molecule has 4 nitrogen and oxygen atoms in total. The minimum Gasteiger partial charge on any atom is -0.444 e. The van der Waals surface area contributed by atoms with Crippen molar-refractivity contribution >= 4 is 6.09 Å². The highest BCUT2D eigenvalue weighted by Crippen LogP contribution is 2.10. The predicted molar refractivity (Wildman–Crippen MR) is 87.6 cm³/mol. The Kier molecular flexibility index (Phi) is 7.45. The molecule has 0 saturated carbocycles. The van der Waals surface area contributed by atoms with Gasteiger partial charge in [0.05, 0.1) is 6.07 Å². The van der Waals surface area contributed by atoms with Gasteiger partial charge in [-0.1, -0.05) is 24.3 Å². The first-order chi connectivity index (χ1) is 10.4. The number of carbonyl (C=O) groups is 1. The van der Waals surface area contributed by atoms with Crippen LogP contribution < -0.4 is 5.32 Å². The fraction of sp³-hybridized carbons (Fsp3) is 0.556. The van der Waals surface area contributed by atoms with E-state index >= 15 is 0 Å². The number of nitrogens with zero attached hydrogens (tertiary/aromatic N) is 1. The van der Waals surface area contributed by atoms with E-state index in [0.29, 0.717) is 13.0 Å². The van der Waals surface area contributed by atoms with E-state index in [9.17, 15) is 4.79 Å². The molecule has 0 fully saturated rings. The normalized spacial score (nSPS) is 10.8. The lowest BCUT2D eigenvalue weighted by Gasteiger charge is -2.19. The third-order valence-corrected chi connectivity index (χ3v) is 3.11. The van der Waals surface area contributed by atoms with Gasteiger partial charge in [-0.3, -0.25) is 0 Å². The van der Waals surface area contributed by atoms with E-state index in [1.165, 1.54) is 11.1 Å². The zero-order valence-corrected chi connectivity index (χ0v) is 13.8. The maximum absolute atomic E-state index is 11.5. The molecule has 0 aliphatic rings. The van der Waals surface area contributed by atoms with Gasteiger partial charge >= 0.3 is 6.09 Å². The molecule has 0 aliphatic heterocycles. The van der Waals surface area contributed by atoms with E-state index in [1.807, 2.05) is 20.8 Å². The molecule has 0 atom stereocenters. The fourth-order valence-electron chi connectivity index (χ4n) is 2.03. The lowest BCUT2D eigenvalue weighted by Crippen LogP contribution is -2.33. The maximum atomic E-state index is 11.5. The average Bonchev–Trinajstić information content (AvgIpc) is 2.44. The van der Waals surface area contributed by atoms with Crippen LogP contribution in [0.15, 0.2) is 24.3 Å². The summed E-state index contributed by atoms with van der Waals surface area (Å²) in [5.41, 5.74) is 2.05. The average molecular weight is 302 g/mol. The van der Waals surface area contributed by atoms with Gasteiger partial charge in [0.15, 0.2) is 0 Å². The minimum absolute atomic E-state index is 0.352. The van der Waals surface area contributed by atoms with Gasteiger partial charge in [0.2, 0.25) is 0 Å². The predicted octanol–water partition coefficient (Wildman–Crippen LogP) is 3.99. The molecule has 0 saturated heterocycles. The number of nitrogens with one attached hydrogen (secondary N) is 1. The third-order valence-electron chi connectivity index (χ3n) is 3.11. The Morgan fingerprint density at radius 2 is 1.73 bits per heavy atom. The van der Waals surface area contributed by atoms with Crippen LogP contribution in [0.3, 0.4) is 0 Å². The van der Waals surface area contributed by atoms with E-state index in [2.05, 4.69) is 35.7 Å². The lowest BCUT2D eigenvalue weighted by molar-refractivity contribution is 0.0527. The van der Waals surface area contributed by atoms with Gasteiger partial charge in [0.1, 0.15) is 5.60 Å². The summed E-state index contributed by atoms with van der Waals surface area (Å²) in [6.07, 6.45) is 3.97. The van der Waals surface area contributed by atoms with E-state index in [1.54, 1.807) is 0 Å². The van der Waals surface area contributed by atoms with Crippen LogP contribution in [0.5, 0.6) is 0 Å². The van der Waals surface area contributed by atoms with Gasteiger partial charge in [-0.25, -0.2) is 4.79 Å². The molecule has 1 aromatic carbocycles. The van der Waals surface area contributed by atoms with Gasteiger partial charge in [-0.15, -0.1) is 0 Å². The second-order valence-electron chi connectivity index (χ2n) is 6.36. The van der Waals surface area contributed by atoms with Crippen molar-refractivity contribution in [2.45, 2.75) is 58.5 Å². The molecule has 0 heterocycles. The van der Waals surface area contributed by atoms with Gasteiger partial charge in [-0.2, -0.15) is 5.26 Å². The summed E-state index contributed by atoms with van der Waals surface area (Å²) in [5.74, 6) is 0. The summed E-state index contributed by atoms with van der Waals surface area (Å²) in [4.78, 5) is 11.5. The van der Waals surface area contributed by atoms with Crippen LogP contribution >= 0.6 is 0 Å². The third kappa shape index (κ3) is 8.31. The molecule has 0 aliphatic carbocycles. The summed E-state index contributed by atoms with van der Waals surface area (Å²) in [6.45, 7) is 6.20. The van der Waals surface area contributed by atoms with Crippen LogP contribution in [0, 0.1) is 11.3 Å². The largest absolute Gasteiger partial charge is 0.444 e. The van der Waals surface area contributed by atoms with Crippen molar-refractivity contribution in [2.24, 2.45) is 0 Å². The van der Waals surface area contributed by atoms with Crippen LogP contribution in [-0.4, -0.2) is 18.2 Å². The van der Waals surface area contributed by atoms with Crippen molar-refractivity contribution in [1.29, 1.82) is 5.26 Å². The molecule has 22 heavy (non-hydrogen) atoms. The lowest BCUT2D eigenvalue weighted by atomic mass is 10.0. The molecule has 0 unspecified atom stereocenters. The number of amides is 1. The summed E-state index contributed by atoms with van der Waals surface area (Å²) in [7, 11) is 0. The number of benzene rings is 1. The number of rotatable bonds is 7. The minimum atomic E-state index is -0.447. The Labute approximate surface area is 133 Å². The number of nitriles is 1. The summed E-state index contributed by atoms with van der Waals surface area (Å²) in [6, 6.07) is 10.6. The van der Waals surface area contributed by atoms with Gasteiger partial charge < -0.3 is 10.1 Å². The Bertz CT molecular complexity index is 495. The zero-order chi connectivity index (χ0) is 16.4. The number of alkyl carbamates (subject to hydrolysis) is 1. The Morgan fingerprint density at radius 1 is 1.14 bits per heavy atom. The van der Waals surface area contributed by atoms with E-state index in [4.69, 9.17) is 10.00 Å². The van der Waals surface area contributed by atoms with E-state index < -0.39 is 5.60 Å². The second kappa shape index (κ2) is 9.09.